The fourth-order valence-electron chi connectivity index (χ4n) is 5.22. The van der Waals surface area contributed by atoms with Crippen LogP contribution in [0, 0.1) is 6.92 Å². The summed E-state index contributed by atoms with van der Waals surface area (Å²) in [7, 11) is 3.46. The summed E-state index contributed by atoms with van der Waals surface area (Å²) in [6.07, 6.45) is 3.65. The van der Waals surface area contributed by atoms with E-state index in [9.17, 15) is 9.90 Å². The van der Waals surface area contributed by atoms with Gasteiger partial charge in [-0.1, -0.05) is 6.92 Å². The largest absolute Gasteiger partial charge is 0.496 e. The third-order valence-corrected chi connectivity index (χ3v) is 7.00. The zero-order valence-electron chi connectivity index (χ0n) is 21.4. The maximum absolute atomic E-state index is 12.5. The third kappa shape index (κ3) is 4.94. The van der Waals surface area contributed by atoms with E-state index in [2.05, 4.69) is 34.1 Å². The Hall–Kier alpha value is -2.88. The van der Waals surface area contributed by atoms with Crippen molar-refractivity contribution in [2.75, 3.05) is 31.8 Å². The summed E-state index contributed by atoms with van der Waals surface area (Å²) in [4.78, 5) is 17.8. The predicted molar refractivity (Wildman–Crippen MR) is 137 cm³/mol. The molecule has 0 bridgehead atoms. The molecule has 1 saturated heterocycles. The first-order valence-electron chi connectivity index (χ1n) is 12.4. The first-order valence-corrected chi connectivity index (χ1v) is 12.4. The minimum atomic E-state index is -0.971. The second-order valence-electron chi connectivity index (χ2n) is 9.09. The average molecular weight is 484 g/mol. The van der Waals surface area contributed by atoms with Crippen molar-refractivity contribution in [2.45, 2.75) is 58.8 Å². The van der Waals surface area contributed by atoms with Gasteiger partial charge in [0.25, 0.3) is 5.56 Å². The van der Waals surface area contributed by atoms with E-state index in [4.69, 9.17) is 9.47 Å². The van der Waals surface area contributed by atoms with Crippen LogP contribution in [0.4, 0.5) is 5.69 Å². The number of methoxy groups -OCH3 is 1. The van der Waals surface area contributed by atoms with Crippen LogP contribution in [0.3, 0.4) is 0 Å². The van der Waals surface area contributed by atoms with Gasteiger partial charge in [-0.05, 0) is 50.8 Å². The fourth-order valence-corrected chi connectivity index (χ4v) is 5.22. The quantitative estimate of drug-likeness (QED) is 0.402. The van der Waals surface area contributed by atoms with Gasteiger partial charge in [0.05, 0.1) is 30.1 Å². The summed E-state index contributed by atoms with van der Waals surface area (Å²) in [6.45, 7) is 8.64. The second-order valence-corrected chi connectivity index (χ2v) is 9.09. The number of aromatic amines is 1. The van der Waals surface area contributed by atoms with E-state index in [-0.39, 0.29) is 12.1 Å². The predicted octanol–water partition coefficient (Wildman–Crippen LogP) is 2.93. The molecule has 0 spiro atoms. The molecule has 0 saturated carbocycles. The van der Waals surface area contributed by atoms with Crippen LogP contribution in [0.25, 0.3) is 10.9 Å². The molecule has 1 unspecified atom stereocenters. The standard InChI is InChI=1S/C26H37N5O4/c1-6-18-19(25(32)27-14-21-23(34-5)12-16(3)29-26(21)33)13-22-20(15-28-30(22)4)24(18)31(7-2)17-8-10-35-11-9-17/h12-13,15,17,25,27,32H,6-11,14H2,1-5H3,(H,29,33). The van der Waals surface area contributed by atoms with Crippen LogP contribution < -0.4 is 20.5 Å². The molecule has 1 aliphatic heterocycles. The highest BCUT2D eigenvalue weighted by Crippen LogP contribution is 2.38. The maximum Gasteiger partial charge on any atom is 0.256 e. The number of fused-ring (bicyclic) bond motifs is 1. The third-order valence-electron chi connectivity index (χ3n) is 7.00. The molecule has 0 radical (unpaired) electrons. The van der Waals surface area contributed by atoms with E-state index in [0.717, 1.165) is 72.4 Å². The molecule has 190 valence electrons. The monoisotopic (exact) mass is 483 g/mol. The second kappa shape index (κ2) is 10.8. The Morgan fingerprint density at radius 1 is 1.31 bits per heavy atom. The molecule has 3 aromatic rings. The molecule has 0 amide bonds. The molecule has 2 aromatic heterocycles. The van der Waals surface area contributed by atoms with Crippen molar-refractivity contribution in [2.24, 2.45) is 7.05 Å². The van der Waals surface area contributed by atoms with Gasteiger partial charge in [0, 0.05) is 56.0 Å². The van der Waals surface area contributed by atoms with Crippen LogP contribution in [0.1, 0.15) is 55.3 Å². The minimum absolute atomic E-state index is 0.166. The van der Waals surface area contributed by atoms with E-state index in [1.165, 1.54) is 0 Å². The number of rotatable bonds is 9. The van der Waals surface area contributed by atoms with Gasteiger partial charge in [0.1, 0.15) is 12.0 Å². The van der Waals surface area contributed by atoms with Crippen molar-refractivity contribution < 1.29 is 14.6 Å². The van der Waals surface area contributed by atoms with E-state index < -0.39 is 6.23 Å². The van der Waals surface area contributed by atoms with Crippen LogP contribution in [0.2, 0.25) is 0 Å². The first-order chi connectivity index (χ1) is 16.9. The summed E-state index contributed by atoms with van der Waals surface area (Å²) in [6, 6.07) is 4.17. The molecule has 1 aliphatic rings. The van der Waals surface area contributed by atoms with Gasteiger partial charge in [0.15, 0.2) is 0 Å². The molecule has 35 heavy (non-hydrogen) atoms. The van der Waals surface area contributed by atoms with Crippen LogP contribution in [-0.4, -0.2) is 52.8 Å². The Morgan fingerprint density at radius 2 is 2.06 bits per heavy atom. The van der Waals surface area contributed by atoms with Gasteiger partial charge in [-0.3, -0.25) is 14.8 Å². The van der Waals surface area contributed by atoms with Gasteiger partial charge in [-0.15, -0.1) is 0 Å². The normalized spacial score (nSPS) is 15.5. The Bertz CT molecular complexity index is 1230. The summed E-state index contributed by atoms with van der Waals surface area (Å²) < 4.78 is 12.9. The lowest BCUT2D eigenvalue weighted by Crippen LogP contribution is -2.40. The highest BCUT2D eigenvalue weighted by molar-refractivity contribution is 5.95. The van der Waals surface area contributed by atoms with E-state index >= 15 is 0 Å². The molecular formula is C26H37N5O4. The minimum Gasteiger partial charge on any atom is -0.496 e. The number of anilines is 1. The summed E-state index contributed by atoms with van der Waals surface area (Å²) in [5, 5.41) is 20.1. The Labute approximate surface area is 206 Å². The van der Waals surface area contributed by atoms with Crippen LogP contribution in [0.15, 0.2) is 23.1 Å². The summed E-state index contributed by atoms with van der Waals surface area (Å²) >= 11 is 0. The molecule has 1 fully saturated rings. The lowest BCUT2D eigenvalue weighted by atomic mass is 9.95. The number of aromatic nitrogens is 3. The van der Waals surface area contributed by atoms with E-state index in [1.807, 2.05) is 30.9 Å². The molecule has 9 heteroatoms. The number of nitrogens with one attached hydrogen (secondary N) is 2. The molecule has 1 atom stereocenters. The fraction of sp³-hybridized carbons (Fsp3) is 0.538. The van der Waals surface area contributed by atoms with E-state index in [1.54, 1.807) is 13.2 Å². The Morgan fingerprint density at radius 3 is 2.71 bits per heavy atom. The smallest absolute Gasteiger partial charge is 0.256 e. The number of ether oxygens (including phenoxy) is 2. The molecule has 3 N–H and O–H groups in total. The topological polar surface area (TPSA) is 105 Å². The van der Waals surface area contributed by atoms with Crippen LogP contribution in [0.5, 0.6) is 5.75 Å². The van der Waals surface area contributed by atoms with Crippen molar-refractivity contribution in [1.82, 2.24) is 20.1 Å². The maximum atomic E-state index is 12.5. The van der Waals surface area contributed by atoms with Crippen molar-refractivity contribution in [3.05, 3.63) is 51.1 Å². The van der Waals surface area contributed by atoms with Crippen molar-refractivity contribution in [3.8, 4) is 5.75 Å². The zero-order valence-corrected chi connectivity index (χ0v) is 21.4. The van der Waals surface area contributed by atoms with Crippen molar-refractivity contribution in [1.29, 1.82) is 0 Å². The SMILES string of the molecule is CCc1c(C(O)NCc2c(OC)cc(C)[nH]c2=O)cc2c(cnn2C)c1N(CC)C1CCOCC1. The highest BCUT2D eigenvalue weighted by atomic mass is 16.5. The lowest BCUT2D eigenvalue weighted by molar-refractivity contribution is 0.0846. The molecule has 4 rings (SSSR count). The number of aryl methyl sites for hydroxylation is 2. The number of hydrogen-bond acceptors (Lipinski definition) is 7. The number of H-pyrrole nitrogens is 1. The average Bonchev–Trinajstić information content (AvgIpc) is 3.23. The Balaban J connectivity index is 1.75. The molecule has 9 nitrogen and oxygen atoms in total. The van der Waals surface area contributed by atoms with Crippen LogP contribution >= 0.6 is 0 Å². The van der Waals surface area contributed by atoms with Crippen molar-refractivity contribution in [3.63, 3.8) is 0 Å². The number of benzene rings is 1. The summed E-state index contributed by atoms with van der Waals surface area (Å²) in [5.74, 6) is 0.501. The molecular weight excluding hydrogens is 446 g/mol. The summed E-state index contributed by atoms with van der Waals surface area (Å²) in [5.41, 5.74) is 4.93. The van der Waals surface area contributed by atoms with Crippen LogP contribution in [-0.2, 0) is 24.8 Å². The molecule has 1 aromatic carbocycles. The van der Waals surface area contributed by atoms with Gasteiger partial charge in [0.2, 0.25) is 0 Å². The zero-order chi connectivity index (χ0) is 25.1. The van der Waals surface area contributed by atoms with Gasteiger partial charge >= 0.3 is 0 Å². The molecule has 0 aliphatic carbocycles. The lowest BCUT2D eigenvalue weighted by Gasteiger charge is -2.37. The number of pyridine rings is 1. The van der Waals surface area contributed by atoms with E-state index in [0.29, 0.717) is 17.4 Å². The number of hydrogen-bond donors (Lipinski definition) is 3. The van der Waals surface area contributed by atoms with Gasteiger partial charge < -0.3 is 24.5 Å². The number of aliphatic hydroxyl groups is 1. The van der Waals surface area contributed by atoms with Crippen molar-refractivity contribution >= 4 is 16.6 Å². The Kier molecular flexibility index (Phi) is 7.78. The number of nitrogens with zero attached hydrogens (tertiary/aromatic N) is 3. The van der Waals surface area contributed by atoms with Gasteiger partial charge in [-0.25, -0.2) is 0 Å². The number of aliphatic hydroxyl groups excluding tert-OH is 1. The first kappa shape index (κ1) is 25.2. The highest BCUT2D eigenvalue weighted by Gasteiger charge is 2.28. The molecule has 3 heterocycles. The van der Waals surface area contributed by atoms with Gasteiger partial charge in [-0.2, -0.15) is 5.10 Å².